The molecule has 0 bridgehead atoms. The molecule has 4 nitrogen and oxygen atoms in total. The molecule has 0 atom stereocenters. The largest absolute Gasteiger partial charge is 0.322 e. The number of carbonyl (C=O) groups excluding carboxylic acids is 1. The van der Waals surface area contributed by atoms with Gasteiger partial charge in [-0.3, -0.25) is 4.90 Å². The summed E-state index contributed by atoms with van der Waals surface area (Å²) in [5, 5.41) is 3.11. The zero-order valence-electron chi connectivity index (χ0n) is 16.5. The summed E-state index contributed by atoms with van der Waals surface area (Å²) < 4.78 is 0. The van der Waals surface area contributed by atoms with Crippen molar-refractivity contribution in [2.75, 3.05) is 38.0 Å². The summed E-state index contributed by atoms with van der Waals surface area (Å²) in [6.45, 7) is 8.89. The lowest BCUT2D eigenvalue weighted by molar-refractivity contribution is 0.146. The second-order valence-corrected chi connectivity index (χ2v) is 7.59. The third-order valence-corrected chi connectivity index (χ3v) is 5.27. The Morgan fingerprint density at radius 2 is 1.63 bits per heavy atom. The van der Waals surface area contributed by atoms with Gasteiger partial charge in [0.25, 0.3) is 0 Å². The standard InChI is InChI=1S/C23H31N3O/c1-19(2)21-12-6-7-13-22(21)24-23(27)26-17-15-25(16-18-26)14-8-11-20-9-4-3-5-10-20/h3-7,9-10,12-13,19H,8,11,14-18H2,1-2H3,(H,24,27). The van der Waals surface area contributed by atoms with Crippen LogP contribution in [0.4, 0.5) is 10.5 Å². The van der Waals surface area contributed by atoms with Gasteiger partial charge in [-0.1, -0.05) is 62.4 Å². The topological polar surface area (TPSA) is 35.6 Å². The Kier molecular flexibility index (Phi) is 6.88. The van der Waals surface area contributed by atoms with Gasteiger partial charge in [-0.2, -0.15) is 0 Å². The monoisotopic (exact) mass is 365 g/mol. The maximum absolute atomic E-state index is 12.6. The van der Waals surface area contributed by atoms with E-state index < -0.39 is 0 Å². The Morgan fingerprint density at radius 3 is 2.33 bits per heavy atom. The quantitative estimate of drug-likeness (QED) is 0.812. The molecule has 0 aromatic heterocycles. The molecule has 4 heteroatoms. The van der Waals surface area contributed by atoms with E-state index in [1.807, 2.05) is 23.1 Å². The predicted octanol–water partition coefficient (Wildman–Crippen LogP) is 4.59. The van der Waals surface area contributed by atoms with E-state index >= 15 is 0 Å². The molecule has 0 aliphatic carbocycles. The van der Waals surface area contributed by atoms with Crippen LogP contribution < -0.4 is 5.32 Å². The van der Waals surface area contributed by atoms with Gasteiger partial charge >= 0.3 is 6.03 Å². The Labute approximate surface area is 163 Å². The van der Waals surface area contributed by atoms with Crippen LogP contribution in [0.5, 0.6) is 0 Å². The molecule has 144 valence electrons. The first-order valence-corrected chi connectivity index (χ1v) is 10.0. The maximum atomic E-state index is 12.6. The van der Waals surface area contributed by atoms with Gasteiger partial charge in [0.05, 0.1) is 0 Å². The van der Waals surface area contributed by atoms with Gasteiger partial charge in [0.2, 0.25) is 0 Å². The maximum Gasteiger partial charge on any atom is 0.321 e. The molecule has 1 aliphatic rings. The van der Waals surface area contributed by atoms with Crippen molar-refractivity contribution in [2.45, 2.75) is 32.6 Å². The van der Waals surface area contributed by atoms with Gasteiger partial charge in [-0.05, 0) is 42.5 Å². The molecular weight excluding hydrogens is 334 g/mol. The molecule has 3 rings (SSSR count). The van der Waals surface area contributed by atoms with E-state index in [0.717, 1.165) is 51.3 Å². The molecule has 2 aromatic carbocycles. The molecule has 0 saturated carbocycles. The minimum atomic E-state index is 0.0204. The number of para-hydroxylation sites is 1. The van der Waals surface area contributed by atoms with Gasteiger partial charge in [-0.15, -0.1) is 0 Å². The Morgan fingerprint density at radius 1 is 0.963 bits per heavy atom. The number of anilines is 1. The normalized spacial score (nSPS) is 15.1. The van der Waals surface area contributed by atoms with Crippen LogP contribution in [-0.4, -0.2) is 48.6 Å². The summed E-state index contributed by atoms with van der Waals surface area (Å²) >= 11 is 0. The number of nitrogens with one attached hydrogen (secondary N) is 1. The van der Waals surface area contributed by atoms with Crippen LogP contribution in [0.25, 0.3) is 0 Å². The summed E-state index contributed by atoms with van der Waals surface area (Å²) in [5.41, 5.74) is 3.52. The second kappa shape index (κ2) is 9.56. The molecule has 2 amide bonds. The van der Waals surface area contributed by atoms with Gasteiger partial charge in [0.15, 0.2) is 0 Å². The fourth-order valence-electron chi connectivity index (χ4n) is 3.63. The highest BCUT2D eigenvalue weighted by molar-refractivity contribution is 5.90. The molecule has 1 fully saturated rings. The smallest absolute Gasteiger partial charge is 0.321 e. The van der Waals surface area contributed by atoms with Gasteiger partial charge in [-0.25, -0.2) is 4.79 Å². The lowest BCUT2D eigenvalue weighted by Gasteiger charge is -2.34. The first kappa shape index (κ1) is 19.4. The minimum absolute atomic E-state index is 0.0204. The number of amides is 2. The summed E-state index contributed by atoms with van der Waals surface area (Å²) in [4.78, 5) is 17.0. The average molecular weight is 366 g/mol. The van der Waals surface area contributed by atoms with Crippen LogP contribution in [0.2, 0.25) is 0 Å². The summed E-state index contributed by atoms with van der Waals surface area (Å²) in [6.07, 6.45) is 2.28. The van der Waals surface area contributed by atoms with E-state index in [9.17, 15) is 4.79 Å². The van der Waals surface area contributed by atoms with Crippen LogP contribution in [0.3, 0.4) is 0 Å². The van der Waals surface area contributed by atoms with Crippen molar-refractivity contribution in [2.24, 2.45) is 0 Å². The molecular formula is C23H31N3O. The first-order valence-electron chi connectivity index (χ1n) is 10.0. The van der Waals surface area contributed by atoms with Crippen LogP contribution in [-0.2, 0) is 6.42 Å². The zero-order chi connectivity index (χ0) is 19.1. The number of nitrogens with zero attached hydrogens (tertiary/aromatic N) is 2. The Bertz CT molecular complexity index is 721. The number of hydrogen-bond acceptors (Lipinski definition) is 2. The summed E-state index contributed by atoms with van der Waals surface area (Å²) in [6, 6.07) is 18.8. The number of carbonyl (C=O) groups is 1. The van der Waals surface area contributed by atoms with Crippen molar-refractivity contribution < 1.29 is 4.79 Å². The third kappa shape index (κ3) is 5.57. The van der Waals surface area contributed by atoms with Crippen LogP contribution in [0, 0.1) is 0 Å². The molecule has 0 spiro atoms. The summed E-state index contributed by atoms with van der Waals surface area (Å²) in [7, 11) is 0. The number of hydrogen-bond donors (Lipinski definition) is 1. The Hall–Kier alpha value is -2.33. The van der Waals surface area contributed by atoms with E-state index in [1.165, 1.54) is 11.1 Å². The molecule has 27 heavy (non-hydrogen) atoms. The van der Waals surface area contributed by atoms with Crippen molar-refractivity contribution in [1.29, 1.82) is 0 Å². The van der Waals surface area contributed by atoms with E-state index in [4.69, 9.17) is 0 Å². The van der Waals surface area contributed by atoms with E-state index in [1.54, 1.807) is 0 Å². The van der Waals surface area contributed by atoms with Crippen LogP contribution in [0.1, 0.15) is 37.3 Å². The number of benzene rings is 2. The number of piperazine rings is 1. The summed E-state index contributed by atoms with van der Waals surface area (Å²) in [5.74, 6) is 0.392. The average Bonchev–Trinajstić information content (AvgIpc) is 2.69. The highest BCUT2D eigenvalue weighted by atomic mass is 16.2. The van der Waals surface area contributed by atoms with Gasteiger partial charge in [0, 0.05) is 31.9 Å². The van der Waals surface area contributed by atoms with E-state index in [-0.39, 0.29) is 6.03 Å². The highest BCUT2D eigenvalue weighted by Gasteiger charge is 2.21. The van der Waals surface area contributed by atoms with Crippen molar-refractivity contribution in [3.05, 3.63) is 65.7 Å². The molecule has 1 saturated heterocycles. The van der Waals surface area contributed by atoms with Crippen LogP contribution >= 0.6 is 0 Å². The van der Waals surface area contributed by atoms with E-state index in [0.29, 0.717) is 5.92 Å². The minimum Gasteiger partial charge on any atom is -0.322 e. The van der Waals surface area contributed by atoms with Crippen molar-refractivity contribution >= 4 is 11.7 Å². The molecule has 1 aliphatic heterocycles. The van der Waals surface area contributed by atoms with Gasteiger partial charge < -0.3 is 10.2 Å². The fraction of sp³-hybridized carbons (Fsp3) is 0.435. The van der Waals surface area contributed by atoms with Crippen LogP contribution in [0.15, 0.2) is 54.6 Å². The van der Waals surface area contributed by atoms with Gasteiger partial charge in [0.1, 0.15) is 0 Å². The SMILES string of the molecule is CC(C)c1ccccc1NC(=O)N1CCN(CCCc2ccccc2)CC1. The first-order chi connectivity index (χ1) is 13.1. The number of urea groups is 1. The molecule has 0 unspecified atom stereocenters. The van der Waals surface area contributed by atoms with Crippen molar-refractivity contribution in [3.8, 4) is 0 Å². The molecule has 0 radical (unpaired) electrons. The lowest BCUT2D eigenvalue weighted by atomic mass is 10.0. The van der Waals surface area contributed by atoms with Crippen molar-refractivity contribution in [1.82, 2.24) is 9.80 Å². The highest BCUT2D eigenvalue weighted by Crippen LogP contribution is 2.24. The van der Waals surface area contributed by atoms with E-state index in [2.05, 4.69) is 60.5 Å². The Balaban J connectivity index is 1.43. The zero-order valence-corrected chi connectivity index (χ0v) is 16.5. The second-order valence-electron chi connectivity index (χ2n) is 7.59. The third-order valence-electron chi connectivity index (χ3n) is 5.27. The predicted molar refractivity (Wildman–Crippen MR) is 112 cm³/mol. The lowest BCUT2D eigenvalue weighted by Crippen LogP contribution is -2.50. The number of rotatable bonds is 6. The fourth-order valence-corrected chi connectivity index (χ4v) is 3.63. The molecule has 1 heterocycles. The number of aryl methyl sites for hydroxylation is 1. The molecule has 2 aromatic rings. The van der Waals surface area contributed by atoms with Crippen molar-refractivity contribution in [3.63, 3.8) is 0 Å². The molecule has 1 N–H and O–H groups in total.